The predicted octanol–water partition coefficient (Wildman–Crippen LogP) is 5.07. The number of pyridine rings is 1. The first-order valence-corrected chi connectivity index (χ1v) is 10.2. The van der Waals surface area contributed by atoms with Crippen molar-refractivity contribution < 1.29 is 4.79 Å². The average Bonchev–Trinajstić information content (AvgIpc) is 3.12. The third-order valence-corrected chi connectivity index (χ3v) is 5.47. The Kier molecular flexibility index (Phi) is 6.77. The molecule has 0 saturated heterocycles. The van der Waals surface area contributed by atoms with Crippen molar-refractivity contribution in [2.45, 2.75) is 18.7 Å². The van der Waals surface area contributed by atoms with Crippen LogP contribution in [0.4, 0.5) is 5.82 Å². The van der Waals surface area contributed by atoms with Crippen LogP contribution < -0.4 is 5.32 Å². The van der Waals surface area contributed by atoms with Crippen molar-refractivity contribution in [2.75, 3.05) is 11.1 Å². The summed E-state index contributed by atoms with van der Waals surface area (Å²) in [7, 11) is 0. The van der Waals surface area contributed by atoms with Gasteiger partial charge < -0.3 is 5.32 Å². The van der Waals surface area contributed by atoms with Gasteiger partial charge in [-0.25, -0.2) is 4.68 Å². The summed E-state index contributed by atoms with van der Waals surface area (Å²) in [5, 5.41) is 8.44. The van der Waals surface area contributed by atoms with Crippen LogP contribution in [0.3, 0.4) is 0 Å². The number of carbonyl (C=O) groups is 1. The van der Waals surface area contributed by atoms with E-state index in [1.165, 1.54) is 11.8 Å². The SMILES string of the molecule is C[C@@H](c1cc(Cl)ccc1Cl)n1nccc1NC(=O)CSCc1ccccn1. The molecule has 1 N–H and O–H groups in total. The van der Waals surface area contributed by atoms with Crippen LogP contribution in [-0.2, 0) is 10.5 Å². The maximum absolute atomic E-state index is 12.3. The summed E-state index contributed by atoms with van der Waals surface area (Å²) >= 11 is 13.9. The molecule has 2 heterocycles. The summed E-state index contributed by atoms with van der Waals surface area (Å²) in [6.45, 7) is 1.95. The predicted molar refractivity (Wildman–Crippen MR) is 112 cm³/mol. The minimum absolute atomic E-state index is 0.0953. The first kappa shape index (κ1) is 19.7. The third-order valence-electron chi connectivity index (χ3n) is 3.92. The minimum atomic E-state index is -0.178. The van der Waals surface area contributed by atoms with Crippen LogP contribution in [0, 0.1) is 0 Å². The van der Waals surface area contributed by atoms with Gasteiger partial charge in [-0.2, -0.15) is 5.10 Å². The van der Waals surface area contributed by atoms with Gasteiger partial charge in [-0.1, -0.05) is 29.3 Å². The number of nitrogens with zero attached hydrogens (tertiary/aromatic N) is 3. The summed E-state index contributed by atoms with van der Waals surface area (Å²) in [6, 6.07) is 12.6. The molecule has 0 saturated carbocycles. The molecule has 5 nitrogen and oxygen atoms in total. The highest BCUT2D eigenvalue weighted by Crippen LogP contribution is 2.30. The zero-order valence-corrected chi connectivity index (χ0v) is 16.9. The van der Waals surface area contributed by atoms with Crippen LogP contribution in [-0.4, -0.2) is 26.4 Å². The standard InChI is InChI=1S/C19H18Cl2N4OS/c1-13(16-10-14(20)5-6-17(16)21)25-18(7-9-23-25)24-19(26)12-27-11-15-4-2-3-8-22-15/h2-10,13H,11-12H2,1H3,(H,24,26)/t13-/m0/s1. The molecule has 0 radical (unpaired) electrons. The lowest BCUT2D eigenvalue weighted by Crippen LogP contribution is -2.19. The molecule has 2 aromatic heterocycles. The van der Waals surface area contributed by atoms with Crippen LogP contribution >= 0.6 is 35.0 Å². The Morgan fingerprint density at radius 3 is 2.85 bits per heavy atom. The Balaban J connectivity index is 1.62. The van der Waals surface area contributed by atoms with Gasteiger partial charge in [-0.3, -0.25) is 9.78 Å². The molecule has 1 amide bonds. The van der Waals surface area contributed by atoms with Crippen molar-refractivity contribution in [2.24, 2.45) is 0 Å². The second kappa shape index (κ2) is 9.26. The molecule has 0 spiro atoms. The highest BCUT2D eigenvalue weighted by molar-refractivity contribution is 7.99. The Labute approximate surface area is 172 Å². The van der Waals surface area contributed by atoms with Crippen LogP contribution in [0.25, 0.3) is 0 Å². The number of benzene rings is 1. The summed E-state index contributed by atoms with van der Waals surface area (Å²) in [4.78, 5) is 16.5. The minimum Gasteiger partial charge on any atom is -0.310 e. The number of rotatable bonds is 7. The van der Waals surface area contributed by atoms with E-state index >= 15 is 0 Å². The molecular weight excluding hydrogens is 403 g/mol. The van der Waals surface area contributed by atoms with E-state index in [9.17, 15) is 4.79 Å². The highest BCUT2D eigenvalue weighted by atomic mass is 35.5. The van der Waals surface area contributed by atoms with Gasteiger partial charge in [-0.05, 0) is 42.8 Å². The zero-order chi connectivity index (χ0) is 19.2. The Morgan fingerprint density at radius 2 is 2.07 bits per heavy atom. The van der Waals surface area contributed by atoms with Gasteiger partial charge in [0.2, 0.25) is 5.91 Å². The fourth-order valence-corrected chi connectivity index (χ4v) is 3.79. The molecule has 0 fully saturated rings. The van der Waals surface area contributed by atoms with Gasteiger partial charge in [0, 0.05) is 28.1 Å². The Bertz CT molecular complexity index is 917. The van der Waals surface area contributed by atoms with E-state index in [0.717, 1.165) is 11.3 Å². The van der Waals surface area contributed by atoms with E-state index in [0.29, 0.717) is 27.4 Å². The fraction of sp³-hybridized carbons (Fsp3) is 0.211. The lowest BCUT2D eigenvalue weighted by molar-refractivity contribution is -0.113. The molecule has 0 aliphatic heterocycles. The second-order valence-electron chi connectivity index (χ2n) is 5.86. The smallest absolute Gasteiger partial charge is 0.235 e. The molecule has 140 valence electrons. The summed E-state index contributed by atoms with van der Waals surface area (Å²) in [6.07, 6.45) is 3.39. The van der Waals surface area contributed by atoms with Crippen LogP contribution in [0.15, 0.2) is 54.9 Å². The number of halogens is 2. The number of nitrogens with one attached hydrogen (secondary N) is 1. The van der Waals surface area contributed by atoms with Crippen molar-refractivity contribution in [1.29, 1.82) is 0 Å². The molecule has 1 aromatic carbocycles. The fourth-order valence-electron chi connectivity index (χ4n) is 2.60. The molecule has 1 atom stereocenters. The summed E-state index contributed by atoms with van der Waals surface area (Å²) in [5.41, 5.74) is 1.79. The topological polar surface area (TPSA) is 59.8 Å². The van der Waals surface area contributed by atoms with Crippen molar-refractivity contribution in [3.05, 3.63) is 76.2 Å². The number of carbonyl (C=O) groups excluding carboxylic acids is 1. The van der Waals surface area contributed by atoms with Crippen molar-refractivity contribution >= 4 is 46.7 Å². The number of anilines is 1. The van der Waals surface area contributed by atoms with Crippen molar-refractivity contribution in [3.63, 3.8) is 0 Å². The highest BCUT2D eigenvalue weighted by Gasteiger charge is 2.17. The monoisotopic (exact) mass is 420 g/mol. The van der Waals surface area contributed by atoms with Crippen molar-refractivity contribution in [3.8, 4) is 0 Å². The molecule has 3 rings (SSSR count). The third kappa shape index (κ3) is 5.25. The number of aromatic nitrogens is 3. The lowest BCUT2D eigenvalue weighted by atomic mass is 10.1. The largest absolute Gasteiger partial charge is 0.310 e. The van der Waals surface area contributed by atoms with Gasteiger partial charge in [0.05, 0.1) is 23.7 Å². The molecule has 27 heavy (non-hydrogen) atoms. The van der Waals surface area contributed by atoms with E-state index in [1.54, 1.807) is 35.3 Å². The van der Waals surface area contributed by atoms with Gasteiger partial charge in [0.15, 0.2) is 0 Å². The van der Waals surface area contributed by atoms with E-state index in [-0.39, 0.29) is 11.9 Å². The first-order valence-electron chi connectivity index (χ1n) is 8.30. The summed E-state index contributed by atoms with van der Waals surface area (Å²) in [5.74, 6) is 1.53. The van der Waals surface area contributed by atoms with E-state index in [2.05, 4.69) is 15.4 Å². The van der Waals surface area contributed by atoms with Crippen LogP contribution in [0.2, 0.25) is 10.0 Å². The van der Waals surface area contributed by atoms with Gasteiger partial charge >= 0.3 is 0 Å². The number of hydrogen-bond acceptors (Lipinski definition) is 4. The number of thioether (sulfide) groups is 1. The number of amides is 1. The Hall–Kier alpha value is -2.02. The molecule has 0 unspecified atom stereocenters. The van der Waals surface area contributed by atoms with Crippen LogP contribution in [0.5, 0.6) is 0 Å². The normalized spacial score (nSPS) is 12.0. The summed E-state index contributed by atoms with van der Waals surface area (Å²) < 4.78 is 1.72. The average molecular weight is 421 g/mol. The van der Waals surface area contributed by atoms with Crippen LogP contribution in [0.1, 0.15) is 24.2 Å². The van der Waals surface area contributed by atoms with E-state index in [4.69, 9.17) is 23.2 Å². The first-order chi connectivity index (χ1) is 13.0. The van der Waals surface area contributed by atoms with E-state index in [1.807, 2.05) is 31.2 Å². The van der Waals surface area contributed by atoms with Gasteiger partial charge in [0.1, 0.15) is 5.82 Å². The maximum atomic E-state index is 12.3. The molecule has 3 aromatic rings. The lowest BCUT2D eigenvalue weighted by Gasteiger charge is -2.18. The number of hydrogen-bond donors (Lipinski definition) is 1. The second-order valence-corrected chi connectivity index (χ2v) is 7.69. The Morgan fingerprint density at radius 1 is 1.22 bits per heavy atom. The van der Waals surface area contributed by atoms with Gasteiger partial charge in [-0.15, -0.1) is 11.8 Å². The molecular formula is C19H18Cl2N4OS. The quantitative estimate of drug-likeness (QED) is 0.579. The molecule has 0 aliphatic rings. The molecule has 8 heteroatoms. The van der Waals surface area contributed by atoms with Crippen molar-refractivity contribution in [1.82, 2.24) is 14.8 Å². The van der Waals surface area contributed by atoms with Gasteiger partial charge in [0.25, 0.3) is 0 Å². The molecule has 0 aliphatic carbocycles. The zero-order valence-electron chi connectivity index (χ0n) is 14.6. The maximum Gasteiger partial charge on any atom is 0.235 e. The van der Waals surface area contributed by atoms with E-state index < -0.39 is 0 Å². The molecule has 0 bridgehead atoms.